The molecule has 1 aromatic carbocycles. The first-order valence-electron chi connectivity index (χ1n) is 11.6. The molecular formula is C25H27FN6O3. The molecule has 0 unspecified atom stereocenters. The van der Waals surface area contributed by atoms with Gasteiger partial charge in [-0.1, -0.05) is 0 Å². The number of benzene rings is 1. The van der Waals surface area contributed by atoms with E-state index >= 15 is 0 Å². The van der Waals surface area contributed by atoms with Crippen molar-refractivity contribution in [1.29, 1.82) is 0 Å². The molecule has 9 nitrogen and oxygen atoms in total. The van der Waals surface area contributed by atoms with E-state index in [1.807, 2.05) is 25.2 Å². The van der Waals surface area contributed by atoms with Crippen LogP contribution in [0.25, 0.3) is 28.5 Å². The second kappa shape index (κ2) is 9.01. The van der Waals surface area contributed by atoms with Gasteiger partial charge in [-0.2, -0.15) is 4.98 Å². The standard InChI is InChI=1S/C25H27FN6O3/c1-25(2,3)35-24(33)31-12-9-18(10-13-31)28-22-27-11-8-19(29-22)21-20(16-4-6-17(26)7-5-16)30-23-32(21)14-15-34-23/h4-8,11,14-15,18H,9-10,12-13H2,1-3H3,(H,27,28,29). The maximum atomic E-state index is 13.5. The zero-order chi connectivity index (χ0) is 24.6. The highest BCUT2D eigenvalue weighted by molar-refractivity contribution is 5.79. The molecule has 0 radical (unpaired) electrons. The molecule has 35 heavy (non-hydrogen) atoms. The molecule has 0 saturated carbocycles. The maximum Gasteiger partial charge on any atom is 0.410 e. The van der Waals surface area contributed by atoms with Crippen molar-refractivity contribution in [3.8, 4) is 22.6 Å². The van der Waals surface area contributed by atoms with Crippen LogP contribution in [-0.2, 0) is 4.74 Å². The number of nitrogens with zero attached hydrogens (tertiary/aromatic N) is 5. The molecule has 0 spiro atoms. The van der Waals surface area contributed by atoms with E-state index in [1.54, 1.807) is 41.8 Å². The van der Waals surface area contributed by atoms with Crippen LogP contribution in [0.15, 0.2) is 53.4 Å². The summed E-state index contributed by atoms with van der Waals surface area (Å²) in [6.07, 6.45) is 6.24. The Morgan fingerprint density at radius 1 is 1.14 bits per heavy atom. The maximum absolute atomic E-state index is 13.5. The van der Waals surface area contributed by atoms with Gasteiger partial charge in [-0.15, -0.1) is 0 Å². The van der Waals surface area contributed by atoms with Gasteiger partial charge < -0.3 is 19.4 Å². The number of carbonyl (C=O) groups is 1. The van der Waals surface area contributed by atoms with Crippen LogP contribution in [0.5, 0.6) is 0 Å². The molecule has 1 aliphatic rings. The normalized spacial score (nSPS) is 14.9. The van der Waals surface area contributed by atoms with Crippen molar-refractivity contribution < 1.29 is 18.3 Å². The van der Waals surface area contributed by atoms with E-state index in [2.05, 4.69) is 15.3 Å². The molecule has 10 heteroatoms. The Hall–Kier alpha value is -3.95. The first-order chi connectivity index (χ1) is 16.8. The van der Waals surface area contributed by atoms with E-state index in [0.29, 0.717) is 36.3 Å². The number of piperidine rings is 1. The highest BCUT2D eigenvalue weighted by atomic mass is 19.1. The van der Waals surface area contributed by atoms with E-state index in [1.165, 1.54) is 12.1 Å². The summed E-state index contributed by atoms with van der Waals surface area (Å²) in [4.78, 5) is 27.8. The first-order valence-corrected chi connectivity index (χ1v) is 11.6. The average Bonchev–Trinajstić information content (AvgIpc) is 3.40. The quantitative estimate of drug-likeness (QED) is 0.441. The third kappa shape index (κ3) is 4.96. The van der Waals surface area contributed by atoms with Crippen molar-refractivity contribution in [1.82, 2.24) is 24.3 Å². The molecule has 1 fully saturated rings. The minimum absolute atomic E-state index is 0.125. The monoisotopic (exact) mass is 478 g/mol. The van der Waals surface area contributed by atoms with E-state index in [4.69, 9.17) is 14.1 Å². The molecule has 0 bridgehead atoms. The number of carbonyl (C=O) groups excluding carboxylic acids is 1. The molecule has 182 valence electrons. The van der Waals surface area contributed by atoms with Gasteiger partial charge in [-0.25, -0.2) is 19.2 Å². The van der Waals surface area contributed by atoms with E-state index < -0.39 is 5.60 Å². The van der Waals surface area contributed by atoms with Crippen molar-refractivity contribution in [2.45, 2.75) is 45.3 Å². The smallest absolute Gasteiger partial charge is 0.410 e. The molecule has 4 heterocycles. The van der Waals surface area contributed by atoms with Crippen molar-refractivity contribution in [2.75, 3.05) is 18.4 Å². The van der Waals surface area contributed by atoms with Crippen molar-refractivity contribution in [2.24, 2.45) is 0 Å². The summed E-state index contributed by atoms with van der Waals surface area (Å²) in [5, 5.41) is 3.40. The molecule has 5 rings (SSSR count). The van der Waals surface area contributed by atoms with E-state index in [0.717, 1.165) is 24.1 Å². The third-order valence-electron chi connectivity index (χ3n) is 5.76. The minimum Gasteiger partial charge on any atom is -0.444 e. The third-order valence-corrected chi connectivity index (χ3v) is 5.76. The lowest BCUT2D eigenvalue weighted by Crippen LogP contribution is -2.44. The number of fused-ring (bicyclic) bond motifs is 1. The summed E-state index contributed by atoms with van der Waals surface area (Å²) in [6, 6.07) is 8.09. The molecule has 4 aromatic rings. The Balaban J connectivity index is 1.34. The lowest BCUT2D eigenvalue weighted by Gasteiger charge is -2.33. The van der Waals surface area contributed by atoms with Crippen molar-refractivity contribution >= 4 is 17.9 Å². The Labute approximate surface area is 202 Å². The number of hydrogen-bond acceptors (Lipinski definition) is 7. The summed E-state index contributed by atoms with van der Waals surface area (Å²) >= 11 is 0. The molecule has 1 saturated heterocycles. The number of anilines is 1. The van der Waals surface area contributed by atoms with Gasteiger partial charge in [0.15, 0.2) is 0 Å². The molecule has 1 aliphatic heterocycles. The van der Waals surface area contributed by atoms with Gasteiger partial charge in [0.2, 0.25) is 5.95 Å². The first kappa shape index (κ1) is 22.8. The van der Waals surface area contributed by atoms with Crippen LogP contribution in [0.4, 0.5) is 15.1 Å². The largest absolute Gasteiger partial charge is 0.444 e. The second-order valence-corrected chi connectivity index (χ2v) is 9.52. The molecular weight excluding hydrogens is 451 g/mol. The minimum atomic E-state index is -0.513. The second-order valence-electron chi connectivity index (χ2n) is 9.52. The molecule has 0 atom stereocenters. The van der Waals surface area contributed by atoms with Crippen molar-refractivity contribution in [3.63, 3.8) is 0 Å². The van der Waals surface area contributed by atoms with Crippen LogP contribution in [0.3, 0.4) is 0 Å². The van der Waals surface area contributed by atoms with Gasteiger partial charge in [0.25, 0.3) is 0 Å². The Morgan fingerprint density at radius 3 is 2.60 bits per heavy atom. The molecule has 0 aliphatic carbocycles. The van der Waals surface area contributed by atoms with Gasteiger partial charge in [0, 0.05) is 37.1 Å². The number of oxazole rings is 1. The number of hydrogen-bond donors (Lipinski definition) is 1. The van der Waals surface area contributed by atoms with Gasteiger partial charge in [0.05, 0.1) is 5.69 Å². The van der Waals surface area contributed by atoms with Crippen LogP contribution in [0.2, 0.25) is 0 Å². The van der Waals surface area contributed by atoms with Gasteiger partial charge in [-0.3, -0.25) is 4.40 Å². The van der Waals surface area contributed by atoms with Gasteiger partial charge in [0.1, 0.15) is 29.1 Å². The number of nitrogens with one attached hydrogen (secondary N) is 1. The zero-order valence-electron chi connectivity index (χ0n) is 19.9. The predicted molar refractivity (Wildman–Crippen MR) is 128 cm³/mol. The van der Waals surface area contributed by atoms with Crippen LogP contribution in [-0.4, -0.2) is 55.1 Å². The summed E-state index contributed by atoms with van der Waals surface area (Å²) in [6.45, 7) is 6.78. The Bertz CT molecular complexity index is 1330. The van der Waals surface area contributed by atoms with E-state index in [-0.39, 0.29) is 18.0 Å². The zero-order valence-corrected chi connectivity index (χ0v) is 19.9. The number of imidazole rings is 1. The van der Waals surface area contributed by atoms with Crippen molar-refractivity contribution in [3.05, 3.63) is 54.8 Å². The molecule has 3 aromatic heterocycles. The Kier molecular flexibility index (Phi) is 5.88. The van der Waals surface area contributed by atoms with Crippen LogP contribution < -0.4 is 5.32 Å². The fourth-order valence-corrected chi connectivity index (χ4v) is 4.12. The fraction of sp³-hybridized carbons (Fsp3) is 0.360. The number of halogens is 1. The number of rotatable bonds is 4. The molecule has 1 N–H and O–H groups in total. The fourth-order valence-electron chi connectivity index (χ4n) is 4.12. The number of likely N-dealkylation sites (tertiary alicyclic amines) is 1. The topological polar surface area (TPSA) is 97.8 Å². The Morgan fingerprint density at radius 2 is 1.89 bits per heavy atom. The number of ether oxygens (including phenoxy) is 1. The lowest BCUT2D eigenvalue weighted by atomic mass is 10.1. The highest BCUT2D eigenvalue weighted by Gasteiger charge is 2.27. The summed E-state index contributed by atoms with van der Waals surface area (Å²) < 4.78 is 26.3. The van der Waals surface area contributed by atoms with E-state index in [9.17, 15) is 9.18 Å². The summed E-state index contributed by atoms with van der Waals surface area (Å²) in [5.74, 6) is 0.591. The van der Waals surface area contributed by atoms with Crippen LogP contribution >= 0.6 is 0 Å². The predicted octanol–water partition coefficient (Wildman–Crippen LogP) is 5.00. The average molecular weight is 479 g/mol. The summed E-state index contributed by atoms with van der Waals surface area (Å²) in [5.41, 5.74) is 2.26. The molecule has 1 amide bonds. The van der Waals surface area contributed by atoms with Crippen LogP contribution in [0.1, 0.15) is 33.6 Å². The SMILES string of the molecule is CC(C)(C)OC(=O)N1CCC(Nc2nccc(-c3c(-c4ccc(F)cc4)nc4occn34)n2)CC1. The summed E-state index contributed by atoms with van der Waals surface area (Å²) in [7, 11) is 0. The van der Waals surface area contributed by atoms with Crippen LogP contribution in [0, 0.1) is 5.82 Å². The van der Waals surface area contributed by atoms with Gasteiger partial charge in [-0.05, 0) is 63.9 Å². The highest BCUT2D eigenvalue weighted by Crippen LogP contribution is 2.32. The lowest BCUT2D eigenvalue weighted by molar-refractivity contribution is 0.0210. The number of aromatic nitrogens is 4. The van der Waals surface area contributed by atoms with Gasteiger partial charge >= 0.3 is 11.9 Å². The number of amides is 1.